The van der Waals surface area contributed by atoms with Crippen LogP contribution < -0.4 is 0 Å². The molecular formula is C10H18O3. The van der Waals surface area contributed by atoms with E-state index in [2.05, 4.69) is 0 Å². The molecule has 1 fully saturated rings. The number of hydrogen-bond acceptors (Lipinski definition) is 3. The normalized spacial score (nSPS) is 34.2. The highest BCUT2D eigenvalue weighted by Gasteiger charge is 2.39. The molecule has 1 rings (SSSR count). The zero-order valence-corrected chi connectivity index (χ0v) is 8.38. The van der Waals surface area contributed by atoms with Gasteiger partial charge in [-0.05, 0) is 39.5 Å². The summed E-state index contributed by atoms with van der Waals surface area (Å²) in [4.78, 5) is 11.5. The van der Waals surface area contributed by atoms with Crippen molar-refractivity contribution >= 4 is 5.97 Å². The molecule has 0 aliphatic heterocycles. The van der Waals surface area contributed by atoms with Crippen molar-refractivity contribution in [2.45, 2.75) is 45.6 Å². The molecule has 0 amide bonds. The zero-order chi connectivity index (χ0) is 9.90. The quantitative estimate of drug-likeness (QED) is 0.665. The Balaban J connectivity index is 2.57. The number of rotatable bonds is 2. The number of esters is 1. The highest BCUT2D eigenvalue weighted by atomic mass is 16.5. The van der Waals surface area contributed by atoms with Crippen LogP contribution in [0.2, 0.25) is 0 Å². The van der Waals surface area contributed by atoms with Gasteiger partial charge in [-0.15, -0.1) is 0 Å². The van der Waals surface area contributed by atoms with Crippen LogP contribution in [0.15, 0.2) is 0 Å². The van der Waals surface area contributed by atoms with E-state index in [1.807, 2.05) is 6.92 Å². The lowest BCUT2D eigenvalue weighted by atomic mass is 9.74. The number of aliphatic hydroxyl groups excluding tert-OH is 1. The number of hydrogen-bond donors (Lipinski definition) is 1. The van der Waals surface area contributed by atoms with Gasteiger partial charge in [0.15, 0.2) is 0 Å². The van der Waals surface area contributed by atoms with Crippen molar-refractivity contribution in [3.05, 3.63) is 0 Å². The molecule has 1 aliphatic carbocycles. The molecule has 0 heterocycles. The molecule has 0 saturated heterocycles. The average molecular weight is 186 g/mol. The third-order valence-electron chi connectivity index (χ3n) is 2.72. The zero-order valence-electron chi connectivity index (χ0n) is 8.38. The summed E-state index contributed by atoms with van der Waals surface area (Å²) in [5, 5.41) is 9.45. The summed E-state index contributed by atoms with van der Waals surface area (Å²) >= 11 is 0. The van der Waals surface area contributed by atoms with E-state index in [1.165, 1.54) is 0 Å². The Morgan fingerprint density at radius 1 is 1.69 bits per heavy atom. The van der Waals surface area contributed by atoms with Gasteiger partial charge in [-0.1, -0.05) is 0 Å². The SMILES string of the molecule is CCOC(=O)[C@]1(C)CCC[C@H](O)C1. The molecule has 1 saturated carbocycles. The van der Waals surface area contributed by atoms with E-state index < -0.39 is 5.41 Å². The van der Waals surface area contributed by atoms with Crippen molar-refractivity contribution in [1.29, 1.82) is 0 Å². The van der Waals surface area contributed by atoms with Crippen LogP contribution >= 0.6 is 0 Å². The fourth-order valence-electron chi connectivity index (χ4n) is 1.94. The second-order valence-corrected chi connectivity index (χ2v) is 4.03. The molecule has 0 aromatic rings. The molecule has 3 nitrogen and oxygen atoms in total. The Morgan fingerprint density at radius 3 is 2.92 bits per heavy atom. The lowest BCUT2D eigenvalue weighted by Crippen LogP contribution is -2.37. The molecule has 0 bridgehead atoms. The van der Waals surface area contributed by atoms with Crippen molar-refractivity contribution in [3.63, 3.8) is 0 Å². The smallest absolute Gasteiger partial charge is 0.311 e. The molecule has 13 heavy (non-hydrogen) atoms. The predicted molar refractivity (Wildman–Crippen MR) is 49.2 cm³/mol. The Hall–Kier alpha value is -0.570. The molecule has 1 N–H and O–H groups in total. The highest BCUT2D eigenvalue weighted by molar-refractivity contribution is 5.76. The van der Waals surface area contributed by atoms with Crippen LogP contribution in [0.25, 0.3) is 0 Å². The molecule has 0 unspecified atom stereocenters. The molecule has 0 aromatic carbocycles. The first-order valence-electron chi connectivity index (χ1n) is 4.94. The van der Waals surface area contributed by atoms with Gasteiger partial charge < -0.3 is 9.84 Å². The summed E-state index contributed by atoms with van der Waals surface area (Å²) in [6, 6.07) is 0. The maximum absolute atomic E-state index is 11.5. The van der Waals surface area contributed by atoms with E-state index in [0.717, 1.165) is 19.3 Å². The van der Waals surface area contributed by atoms with Gasteiger partial charge in [0.2, 0.25) is 0 Å². The molecule has 76 valence electrons. The third kappa shape index (κ3) is 2.44. The Bertz CT molecular complexity index is 191. The maximum atomic E-state index is 11.5. The highest BCUT2D eigenvalue weighted by Crippen LogP contribution is 2.36. The summed E-state index contributed by atoms with van der Waals surface area (Å²) in [6.45, 7) is 4.11. The molecule has 1 aliphatic rings. The van der Waals surface area contributed by atoms with E-state index in [9.17, 15) is 9.90 Å². The van der Waals surface area contributed by atoms with E-state index in [4.69, 9.17) is 4.74 Å². The van der Waals surface area contributed by atoms with E-state index in [0.29, 0.717) is 13.0 Å². The van der Waals surface area contributed by atoms with Crippen molar-refractivity contribution in [3.8, 4) is 0 Å². The van der Waals surface area contributed by atoms with Crippen molar-refractivity contribution in [2.24, 2.45) is 5.41 Å². The monoisotopic (exact) mass is 186 g/mol. The number of carbonyl (C=O) groups excluding carboxylic acids is 1. The number of carbonyl (C=O) groups is 1. The fraction of sp³-hybridized carbons (Fsp3) is 0.900. The van der Waals surface area contributed by atoms with E-state index >= 15 is 0 Å². The van der Waals surface area contributed by atoms with Gasteiger partial charge in [-0.25, -0.2) is 0 Å². The summed E-state index contributed by atoms with van der Waals surface area (Å²) < 4.78 is 4.98. The van der Waals surface area contributed by atoms with Gasteiger partial charge in [0, 0.05) is 0 Å². The summed E-state index contributed by atoms with van der Waals surface area (Å²) in [7, 11) is 0. The fourth-order valence-corrected chi connectivity index (χ4v) is 1.94. The van der Waals surface area contributed by atoms with Crippen LogP contribution in [0, 0.1) is 5.41 Å². The molecule has 0 aromatic heterocycles. The van der Waals surface area contributed by atoms with Gasteiger partial charge >= 0.3 is 5.97 Å². The third-order valence-corrected chi connectivity index (χ3v) is 2.72. The van der Waals surface area contributed by atoms with Crippen molar-refractivity contribution < 1.29 is 14.6 Å². The van der Waals surface area contributed by atoms with Gasteiger partial charge in [0.25, 0.3) is 0 Å². The summed E-state index contributed by atoms with van der Waals surface area (Å²) in [5.74, 6) is -0.159. The Labute approximate surface area is 79.1 Å². The van der Waals surface area contributed by atoms with E-state index in [1.54, 1.807) is 6.92 Å². The first-order chi connectivity index (χ1) is 6.08. The van der Waals surface area contributed by atoms with Crippen molar-refractivity contribution in [2.75, 3.05) is 6.61 Å². The van der Waals surface area contributed by atoms with Crippen LogP contribution in [-0.2, 0) is 9.53 Å². The maximum Gasteiger partial charge on any atom is 0.311 e. The minimum Gasteiger partial charge on any atom is -0.466 e. The van der Waals surface area contributed by atoms with Crippen molar-refractivity contribution in [1.82, 2.24) is 0 Å². The first-order valence-corrected chi connectivity index (χ1v) is 4.94. The van der Waals surface area contributed by atoms with Crippen LogP contribution in [0.5, 0.6) is 0 Å². The Morgan fingerprint density at radius 2 is 2.38 bits per heavy atom. The van der Waals surface area contributed by atoms with Crippen LogP contribution in [0.3, 0.4) is 0 Å². The second kappa shape index (κ2) is 4.09. The largest absolute Gasteiger partial charge is 0.466 e. The second-order valence-electron chi connectivity index (χ2n) is 4.03. The lowest BCUT2D eigenvalue weighted by molar-refractivity contribution is -0.158. The number of aliphatic hydroxyl groups is 1. The van der Waals surface area contributed by atoms with Gasteiger partial charge in [0.1, 0.15) is 0 Å². The van der Waals surface area contributed by atoms with Crippen LogP contribution in [0.1, 0.15) is 39.5 Å². The van der Waals surface area contributed by atoms with Gasteiger partial charge in [0.05, 0.1) is 18.1 Å². The molecular weight excluding hydrogens is 168 g/mol. The first kappa shape index (κ1) is 10.5. The van der Waals surface area contributed by atoms with Crippen LogP contribution in [0.4, 0.5) is 0 Å². The predicted octanol–water partition coefficient (Wildman–Crippen LogP) is 1.49. The van der Waals surface area contributed by atoms with Gasteiger partial charge in [-0.2, -0.15) is 0 Å². The molecule has 3 heteroatoms. The topological polar surface area (TPSA) is 46.5 Å². The average Bonchev–Trinajstić information content (AvgIpc) is 2.04. The minimum atomic E-state index is -0.451. The standard InChI is InChI=1S/C10H18O3/c1-3-13-9(12)10(2)6-4-5-8(11)7-10/h8,11H,3-7H2,1-2H3/t8-,10+/m0/s1. The minimum absolute atomic E-state index is 0.159. The molecule has 2 atom stereocenters. The van der Waals surface area contributed by atoms with Gasteiger partial charge in [-0.3, -0.25) is 4.79 Å². The molecule has 0 spiro atoms. The lowest BCUT2D eigenvalue weighted by Gasteiger charge is -2.33. The Kier molecular flexibility index (Phi) is 3.31. The van der Waals surface area contributed by atoms with E-state index in [-0.39, 0.29) is 12.1 Å². The number of ether oxygens (including phenoxy) is 1. The molecule has 0 radical (unpaired) electrons. The van der Waals surface area contributed by atoms with Crippen LogP contribution in [-0.4, -0.2) is 23.8 Å². The summed E-state index contributed by atoms with van der Waals surface area (Å²) in [6.07, 6.45) is 2.78. The summed E-state index contributed by atoms with van der Waals surface area (Å²) in [5.41, 5.74) is -0.451.